The van der Waals surface area contributed by atoms with Crippen LogP contribution in [0.4, 0.5) is 5.69 Å². The Hall–Kier alpha value is -1.59. The first-order valence-corrected chi connectivity index (χ1v) is 7.85. The molecule has 1 heterocycles. The third-order valence-electron chi connectivity index (χ3n) is 4.03. The first-order chi connectivity index (χ1) is 10.5. The van der Waals surface area contributed by atoms with Crippen molar-refractivity contribution < 1.29 is 9.59 Å². The van der Waals surface area contributed by atoms with E-state index in [0.29, 0.717) is 6.54 Å². The Balaban J connectivity index is 0.00000264. The van der Waals surface area contributed by atoms with Crippen LogP contribution < -0.4 is 10.6 Å². The molecule has 1 aromatic carbocycles. The minimum Gasteiger partial charge on any atom is -0.336 e. The number of amides is 2. The number of carbonyl (C=O) groups is 2. The molecule has 1 saturated heterocycles. The summed E-state index contributed by atoms with van der Waals surface area (Å²) in [6.45, 7) is 7.86. The average molecular weight is 340 g/mol. The van der Waals surface area contributed by atoms with Crippen LogP contribution in [0.2, 0.25) is 0 Å². The van der Waals surface area contributed by atoms with Gasteiger partial charge in [-0.15, -0.1) is 12.4 Å². The molecule has 1 aliphatic rings. The number of carbonyl (C=O) groups excluding carboxylic acids is 2. The highest BCUT2D eigenvalue weighted by molar-refractivity contribution is 5.92. The Bertz CT molecular complexity index is 525. The van der Waals surface area contributed by atoms with E-state index in [2.05, 4.69) is 10.6 Å². The zero-order chi connectivity index (χ0) is 16.1. The molecule has 0 aromatic heterocycles. The Kier molecular flexibility index (Phi) is 7.52. The first-order valence-electron chi connectivity index (χ1n) is 7.85. The van der Waals surface area contributed by atoms with E-state index in [1.165, 1.54) is 0 Å². The van der Waals surface area contributed by atoms with Crippen LogP contribution in [-0.4, -0.2) is 35.8 Å². The molecule has 1 aliphatic heterocycles. The van der Waals surface area contributed by atoms with Gasteiger partial charge in [-0.3, -0.25) is 9.59 Å². The monoisotopic (exact) mass is 339 g/mol. The molecular weight excluding hydrogens is 314 g/mol. The van der Waals surface area contributed by atoms with Crippen LogP contribution in [-0.2, 0) is 16.1 Å². The molecule has 128 valence electrons. The molecule has 0 radical (unpaired) electrons. The lowest BCUT2D eigenvalue weighted by Crippen LogP contribution is -2.34. The van der Waals surface area contributed by atoms with Gasteiger partial charge in [-0.2, -0.15) is 0 Å². The number of benzene rings is 1. The fourth-order valence-corrected chi connectivity index (χ4v) is 2.67. The molecular formula is C17H26ClN3O2. The van der Waals surface area contributed by atoms with Crippen molar-refractivity contribution in [2.45, 2.75) is 39.8 Å². The van der Waals surface area contributed by atoms with Crippen LogP contribution in [0, 0.1) is 5.92 Å². The molecule has 2 amide bonds. The Morgan fingerprint density at radius 1 is 1.30 bits per heavy atom. The van der Waals surface area contributed by atoms with E-state index in [1.807, 2.05) is 43.0 Å². The van der Waals surface area contributed by atoms with Gasteiger partial charge < -0.3 is 15.5 Å². The van der Waals surface area contributed by atoms with E-state index in [4.69, 9.17) is 0 Å². The summed E-state index contributed by atoms with van der Waals surface area (Å²) in [5.74, 6) is 0.209. The van der Waals surface area contributed by atoms with E-state index in [9.17, 15) is 9.59 Å². The summed E-state index contributed by atoms with van der Waals surface area (Å²) in [7, 11) is 0. The van der Waals surface area contributed by atoms with Crippen LogP contribution in [0.25, 0.3) is 0 Å². The Morgan fingerprint density at radius 2 is 1.96 bits per heavy atom. The normalized spacial score (nSPS) is 16.8. The first kappa shape index (κ1) is 19.5. The molecule has 0 aliphatic carbocycles. The van der Waals surface area contributed by atoms with E-state index >= 15 is 0 Å². The van der Waals surface area contributed by atoms with Gasteiger partial charge in [0, 0.05) is 31.7 Å². The summed E-state index contributed by atoms with van der Waals surface area (Å²) in [5.41, 5.74) is 1.86. The van der Waals surface area contributed by atoms with Crippen LogP contribution in [0.5, 0.6) is 0 Å². The van der Waals surface area contributed by atoms with Gasteiger partial charge in [0.1, 0.15) is 0 Å². The zero-order valence-electron chi connectivity index (χ0n) is 14.0. The van der Waals surface area contributed by atoms with Crippen molar-refractivity contribution in [2.24, 2.45) is 5.92 Å². The fourth-order valence-electron chi connectivity index (χ4n) is 2.67. The maximum atomic E-state index is 12.1. The van der Waals surface area contributed by atoms with Crippen molar-refractivity contribution >= 4 is 29.9 Å². The second kappa shape index (κ2) is 8.89. The number of nitrogens with one attached hydrogen (secondary N) is 2. The molecule has 1 aromatic rings. The molecule has 6 heteroatoms. The summed E-state index contributed by atoms with van der Waals surface area (Å²) >= 11 is 0. The second-order valence-electron chi connectivity index (χ2n) is 6.12. The van der Waals surface area contributed by atoms with Crippen LogP contribution in [0.1, 0.15) is 32.8 Å². The lowest BCUT2D eigenvalue weighted by Gasteiger charge is -2.25. The summed E-state index contributed by atoms with van der Waals surface area (Å²) in [6.07, 6.45) is 0.895. The van der Waals surface area contributed by atoms with Crippen LogP contribution in [0.3, 0.4) is 0 Å². The molecule has 2 rings (SSSR count). The molecule has 1 fully saturated rings. The summed E-state index contributed by atoms with van der Waals surface area (Å²) in [4.78, 5) is 25.5. The van der Waals surface area contributed by atoms with Crippen molar-refractivity contribution in [1.82, 2.24) is 10.2 Å². The highest BCUT2D eigenvalue weighted by Crippen LogP contribution is 2.16. The minimum absolute atomic E-state index is 0. The number of halogens is 1. The predicted octanol–water partition coefficient (Wildman–Crippen LogP) is 2.41. The lowest BCUT2D eigenvalue weighted by atomic mass is 10.1. The van der Waals surface area contributed by atoms with Gasteiger partial charge in [-0.1, -0.05) is 12.1 Å². The molecule has 23 heavy (non-hydrogen) atoms. The third kappa shape index (κ3) is 5.52. The molecule has 1 atom stereocenters. The van der Waals surface area contributed by atoms with Gasteiger partial charge in [0.25, 0.3) is 0 Å². The number of hydrogen-bond donors (Lipinski definition) is 2. The van der Waals surface area contributed by atoms with Gasteiger partial charge in [0.05, 0.1) is 5.92 Å². The van der Waals surface area contributed by atoms with Gasteiger partial charge in [0.15, 0.2) is 0 Å². The molecule has 2 N–H and O–H groups in total. The third-order valence-corrected chi connectivity index (χ3v) is 4.03. The van der Waals surface area contributed by atoms with Gasteiger partial charge in [0.2, 0.25) is 11.8 Å². The highest BCUT2D eigenvalue weighted by Gasteiger charge is 2.22. The van der Waals surface area contributed by atoms with Crippen molar-refractivity contribution in [3.63, 3.8) is 0 Å². The number of anilines is 1. The number of rotatable bonds is 5. The van der Waals surface area contributed by atoms with E-state index in [0.717, 1.165) is 30.8 Å². The molecule has 0 spiro atoms. The zero-order valence-corrected chi connectivity index (χ0v) is 14.8. The number of nitrogens with zero attached hydrogens (tertiary/aromatic N) is 1. The van der Waals surface area contributed by atoms with Crippen molar-refractivity contribution in [1.29, 1.82) is 0 Å². The van der Waals surface area contributed by atoms with Gasteiger partial charge in [-0.05, 0) is 44.5 Å². The maximum absolute atomic E-state index is 12.1. The van der Waals surface area contributed by atoms with Gasteiger partial charge in [-0.25, -0.2) is 0 Å². The SMILES string of the molecule is CC(=O)N(Cc1ccc(NC(=O)C2CCNC2)cc1)C(C)C.Cl. The molecule has 0 saturated carbocycles. The van der Waals surface area contributed by atoms with Crippen LogP contribution >= 0.6 is 12.4 Å². The van der Waals surface area contributed by atoms with Crippen molar-refractivity contribution in [3.05, 3.63) is 29.8 Å². The topological polar surface area (TPSA) is 61.4 Å². The lowest BCUT2D eigenvalue weighted by molar-refractivity contribution is -0.131. The number of hydrogen-bond acceptors (Lipinski definition) is 3. The fraction of sp³-hybridized carbons (Fsp3) is 0.529. The van der Waals surface area contributed by atoms with E-state index in [1.54, 1.807) is 6.92 Å². The highest BCUT2D eigenvalue weighted by atomic mass is 35.5. The largest absolute Gasteiger partial charge is 0.336 e. The summed E-state index contributed by atoms with van der Waals surface area (Å²) < 4.78 is 0. The predicted molar refractivity (Wildman–Crippen MR) is 94.7 cm³/mol. The van der Waals surface area contributed by atoms with Crippen molar-refractivity contribution in [2.75, 3.05) is 18.4 Å². The van der Waals surface area contributed by atoms with Crippen LogP contribution in [0.15, 0.2) is 24.3 Å². The minimum atomic E-state index is 0. The smallest absolute Gasteiger partial charge is 0.228 e. The second-order valence-corrected chi connectivity index (χ2v) is 6.12. The quantitative estimate of drug-likeness (QED) is 0.866. The van der Waals surface area contributed by atoms with E-state index < -0.39 is 0 Å². The Morgan fingerprint density at radius 3 is 2.43 bits per heavy atom. The molecule has 5 nitrogen and oxygen atoms in total. The van der Waals surface area contributed by atoms with Gasteiger partial charge >= 0.3 is 0 Å². The average Bonchev–Trinajstić information content (AvgIpc) is 3.00. The summed E-state index contributed by atoms with van der Waals surface area (Å²) in [5, 5.41) is 6.14. The Labute approximate surface area is 144 Å². The molecule has 1 unspecified atom stereocenters. The summed E-state index contributed by atoms with van der Waals surface area (Å²) in [6, 6.07) is 7.89. The van der Waals surface area contributed by atoms with Crippen molar-refractivity contribution in [3.8, 4) is 0 Å². The maximum Gasteiger partial charge on any atom is 0.228 e. The van der Waals surface area contributed by atoms with E-state index in [-0.39, 0.29) is 36.2 Å². The standard InChI is InChI=1S/C17H25N3O2.ClH/c1-12(2)20(13(3)21)11-14-4-6-16(7-5-14)19-17(22)15-8-9-18-10-15;/h4-7,12,15,18H,8-11H2,1-3H3,(H,19,22);1H. The molecule has 0 bridgehead atoms.